The van der Waals surface area contributed by atoms with E-state index in [9.17, 15) is 18.5 Å². The summed E-state index contributed by atoms with van der Waals surface area (Å²) >= 11 is 0.780. The summed E-state index contributed by atoms with van der Waals surface area (Å²) in [7, 11) is -2.20. The van der Waals surface area contributed by atoms with Crippen LogP contribution >= 0.6 is 11.3 Å². The van der Waals surface area contributed by atoms with E-state index in [1.807, 2.05) is 0 Å². The maximum atomic E-state index is 12.6. The van der Waals surface area contributed by atoms with Crippen molar-refractivity contribution >= 4 is 32.0 Å². The Hall–Kier alpha value is -1.23. The van der Waals surface area contributed by atoms with E-state index in [4.69, 9.17) is 5.84 Å². The quantitative estimate of drug-likeness (QED) is 0.482. The van der Waals surface area contributed by atoms with Crippen molar-refractivity contribution in [1.29, 1.82) is 0 Å². The van der Waals surface area contributed by atoms with Crippen molar-refractivity contribution in [2.45, 2.75) is 42.4 Å². The van der Waals surface area contributed by atoms with Gasteiger partial charge in [0.05, 0.1) is 4.92 Å². The predicted molar refractivity (Wildman–Crippen MR) is 80.6 cm³/mol. The average molecular weight is 334 g/mol. The third-order valence-electron chi connectivity index (χ3n) is 3.74. The third kappa shape index (κ3) is 3.18. The first-order valence-corrected chi connectivity index (χ1v) is 8.86. The lowest BCUT2D eigenvalue weighted by molar-refractivity contribution is -0.383. The number of hydrogen-bond donors (Lipinski definition) is 2. The van der Waals surface area contributed by atoms with E-state index in [0.29, 0.717) is 0 Å². The fourth-order valence-electron chi connectivity index (χ4n) is 2.51. The molecule has 0 atom stereocenters. The van der Waals surface area contributed by atoms with Crippen molar-refractivity contribution in [1.82, 2.24) is 4.31 Å². The van der Waals surface area contributed by atoms with Gasteiger partial charge in [-0.25, -0.2) is 14.3 Å². The standard InChI is InChI=1S/C11H18N4O4S2/c1-14(8-5-3-2-4-6-8)21(18,19)10-7-9(15(16)17)11(13-12)20-10/h7-8,13H,2-6,12H2,1H3. The van der Waals surface area contributed by atoms with E-state index in [0.717, 1.165) is 49.5 Å². The van der Waals surface area contributed by atoms with E-state index >= 15 is 0 Å². The molecule has 1 aliphatic rings. The number of rotatable bonds is 5. The van der Waals surface area contributed by atoms with Gasteiger partial charge in [0, 0.05) is 19.2 Å². The highest BCUT2D eigenvalue weighted by atomic mass is 32.2. The Kier molecular flexibility index (Phi) is 4.81. The molecule has 0 bridgehead atoms. The fraction of sp³-hybridized carbons (Fsp3) is 0.636. The minimum Gasteiger partial charge on any atom is -0.310 e. The molecule has 1 aliphatic carbocycles. The molecule has 1 heterocycles. The van der Waals surface area contributed by atoms with E-state index < -0.39 is 14.9 Å². The fourth-order valence-corrected chi connectivity index (χ4v) is 5.35. The second-order valence-corrected chi connectivity index (χ2v) is 8.27. The number of hydrazine groups is 1. The van der Waals surface area contributed by atoms with Crippen LogP contribution in [0.4, 0.5) is 10.7 Å². The van der Waals surface area contributed by atoms with Crippen molar-refractivity contribution in [2.75, 3.05) is 12.5 Å². The highest BCUT2D eigenvalue weighted by Crippen LogP contribution is 2.38. The van der Waals surface area contributed by atoms with Crippen LogP contribution < -0.4 is 11.3 Å². The van der Waals surface area contributed by atoms with Gasteiger partial charge in [-0.05, 0) is 12.8 Å². The molecular weight excluding hydrogens is 316 g/mol. The minimum absolute atomic E-state index is 0.0376. The molecule has 1 saturated carbocycles. The Morgan fingerprint density at radius 1 is 1.43 bits per heavy atom. The van der Waals surface area contributed by atoms with Gasteiger partial charge in [0.1, 0.15) is 4.21 Å². The lowest BCUT2D eigenvalue weighted by Crippen LogP contribution is -2.37. The number of anilines is 1. The molecule has 0 amide bonds. The molecular formula is C11H18N4O4S2. The van der Waals surface area contributed by atoms with Gasteiger partial charge in [-0.1, -0.05) is 30.6 Å². The summed E-state index contributed by atoms with van der Waals surface area (Å²) in [5.74, 6) is 5.21. The van der Waals surface area contributed by atoms with Crippen LogP contribution in [0.25, 0.3) is 0 Å². The van der Waals surface area contributed by atoms with Gasteiger partial charge < -0.3 is 5.43 Å². The number of nitrogen functional groups attached to an aromatic ring is 1. The van der Waals surface area contributed by atoms with Crippen LogP contribution in [0.5, 0.6) is 0 Å². The summed E-state index contributed by atoms with van der Waals surface area (Å²) in [6.45, 7) is 0. The van der Waals surface area contributed by atoms with Crippen LogP contribution in [0, 0.1) is 10.1 Å². The minimum atomic E-state index is -3.73. The summed E-state index contributed by atoms with van der Waals surface area (Å²) in [6, 6.07) is 1.02. The van der Waals surface area contributed by atoms with E-state index in [1.165, 1.54) is 11.4 Å². The number of nitrogens with two attached hydrogens (primary N) is 1. The molecule has 1 aromatic rings. The molecule has 2 rings (SSSR count). The zero-order valence-electron chi connectivity index (χ0n) is 11.6. The highest BCUT2D eigenvalue weighted by molar-refractivity contribution is 7.91. The van der Waals surface area contributed by atoms with Gasteiger partial charge in [-0.15, -0.1) is 0 Å². The second kappa shape index (κ2) is 6.26. The van der Waals surface area contributed by atoms with Crippen molar-refractivity contribution < 1.29 is 13.3 Å². The average Bonchev–Trinajstić information content (AvgIpc) is 2.92. The summed E-state index contributed by atoms with van der Waals surface area (Å²) in [5.41, 5.74) is 1.86. The zero-order valence-corrected chi connectivity index (χ0v) is 13.2. The molecule has 10 heteroatoms. The molecule has 118 valence electrons. The number of sulfonamides is 1. The van der Waals surface area contributed by atoms with Crippen LogP contribution in [0.3, 0.4) is 0 Å². The molecule has 0 spiro atoms. The van der Waals surface area contributed by atoms with Crippen LogP contribution in [0.15, 0.2) is 10.3 Å². The van der Waals surface area contributed by atoms with Gasteiger partial charge in [0.15, 0.2) is 5.00 Å². The van der Waals surface area contributed by atoms with Crippen LogP contribution in [-0.2, 0) is 10.0 Å². The smallest absolute Gasteiger partial charge is 0.306 e. The Balaban J connectivity index is 2.32. The Morgan fingerprint density at radius 2 is 2.05 bits per heavy atom. The maximum Gasteiger partial charge on any atom is 0.306 e. The van der Waals surface area contributed by atoms with Gasteiger partial charge in [0.25, 0.3) is 10.0 Å². The number of thiophene rings is 1. The molecule has 3 N–H and O–H groups in total. The zero-order chi connectivity index (χ0) is 15.6. The monoisotopic (exact) mass is 334 g/mol. The van der Waals surface area contributed by atoms with Crippen molar-refractivity contribution in [3.05, 3.63) is 16.2 Å². The number of hydrogen-bond acceptors (Lipinski definition) is 7. The highest BCUT2D eigenvalue weighted by Gasteiger charge is 2.33. The Morgan fingerprint density at radius 3 is 2.52 bits per heavy atom. The Labute approximate surface area is 127 Å². The first kappa shape index (κ1) is 16.1. The van der Waals surface area contributed by atoms with E-state index in [2.05, 4.69) is 5.43 Å². The van der Waals surface area contributed by atoms with E-state index in [-0.39, 0.29) is 20.9 Å². The van der Waals surface area contributed by atoms with Crippen LogP contribution in [-0.4, -0.2) is 30.7 Å². The molecule has 8 nitrogen and oxygen atoms in total. The molecule has 0 saturated heterocycles. The van der Waals surface area contributed by atoms with Gasteiger partial charge in [0.2, 0.25) is 0 Å². The molecule has 0 radical (unpaired) electrons. The van der Waals surface area contributed by atoms with Gasteiger partial charge in [-0.3, -0.25) is 10.1 Å². The Bertz CT molecular complexity index is 622. The number of nitro groups is 1. The largest absolute Gasteiger partial charge is 0.310 e. The molecule has 0 aliphatic heterocycles. The topological polar surface area (TPSA) is 119 Å². The number of nitrogens with one attached hydrogen (secondary N) is 1. The number of nitrogens with zero attached hydrogens (tertiary/aromatic N) is 2. The SMILES string of the molecule is CN(C1CCCCC1)S(=O)(=O)c1cc([N+](=O)[O-])c(NN)s1. The summed E-state index contributed by atoms with van der Waals surface area (Å²) in [5, 5.41) is 10.9. The predicted octanol–water partition coefficient (Wildman–Crippen LogP) is 1.90. The maximum absolute atomic E-state index is 12.6. The van der Waals surface area contributed by atoms with Gasteiger partial charge in [-0.2, -0.15) is 4.31 Å². The third-order valence-corrected chi connectivity index (χ3v) is 7.15. The normalized spacial score (nSPS) is 17.1. The van der Waals surface area contributed by atoms with Crippen LogP contribution in [0.1, 0.15) is 32.1 Å². The lowest BCUT2D eigenvalue weighted by atomic mass is 9.96. The van der Waals surface area contributed by atoms with E-state index in [1.54, 1.807) is 0 Å². The van der Waals surface area contributed by atoms with Crippen LogP contribution in [0.2, 0.25) is 0 Å². The molecule has 1 fully saturated rings. The van der Waals surface area contributed by atoms with Crippen molar-refractivity contribution in [3.8, 4) is 0 Å². The first-order valence-electron chi connectivity index (χ1n) is 6.60. The summed E-state index contributed by atoms with van der Waals surface area (Å²) in [6.07, 6.45) is 4.78. The summed E-state index contributed by atoms with van der Waals surface area (Å²) < 4.78 is 26.4. The summed E-state index contributed by atoms with van der Waals surface area (Å²) in [4.78, 5) is 10.3. The molecule has 1 aromatic heterocycles. The van der Waals surface area contributed by atoms with Gasteiger partial charge >= 0.3 is 5.69 Å². The molecule has 21 heavy (non-hydrogen) atoms. The first-order chi connectivity index (χ1) is 9.87. The molecule has 0 aromatic carbocycles. The molecule has 0 unspecified atom stereocenters. The van der Waals surface area contributed by atoms with Crippen molar-refractivity contribution in [3.63, 3.8) is 0 Å². The van der Waals surface area contributed by atoms with Crippen molar-refractivity contribution in [2.24, 2.45) is 5.84 Å². The lowest BCUT2D eigenvalue weighted by Gasteiger charge is -2.29. The second-order valence-electron chi connectivity index (χ2n) is 4.99.